The third-order valence-electron chi connectivity index (χ3n) is 8.03. The van der Waals surface area contributed by atoms with Crippen LogP contribution in [0, 0.1) is 0 Å². The van der Waals surface area contributed by atoms with Crippen molar-refractivity contribution in [3.63, 3.8) is 0 Å². The molecule has 0 aromatic heterocycles. The summed E-state index contributed by atoms with van der Waals surface area (Å²) >= 11 is 0. The van der Waals surface area contributed by atoms with E-state index in [2.05, 4.69) is 124 Å². The van der Waals surface area contributed by atoms with Crippen molar-refractivity contribution in [2.75, 3.05) is 19.0 Å². The first-order chi connectivity index (χ1) is 17.7. The molecule has 3 N–H and O–H groups in total. The van der Waals surface area contributed by atoms with E-state index in [1.54, 1.807) is 0 Å². The minimum absolute atomic E-state index is 0.0975. The summed E-state index contributed by atoms with van der Waals surface area (Å²) in [5.41, 5.74) is 18.1. The summed E-state index contributed by atoms with van der Waals surface area (Å²) in [6.07, 6.45) is 4.71. The number of hydrogen-bond donors (Lipinski definition) is 2. The standard InChI is InChI=1S/C33H44N5/c1-21(2)35-19-24-11-13-28-26(17-24)32(5,6)30(37(28)9)15-22(3)16-31-33(7,8)27-18-25(20-36-23(4)34)12-14-29(27)38(31)10/h11-18,35H,1,19-20H2,2-10H3,(H2,34,36)/q+1. The zero-order chi connectivity index (χ0) is 28.0. The van der Waals surface area contributed by atoms with Crippen LogP contribution in [-0.2, 0) is 23.9 Å². The SMILES string of the molecule is C=C(C)NCc1ccc2c(c1)C(C)(C)C(=CC(C)=CC1=[N+](C)c3ccc(CN=C(C)N)cc3C1(C)C)N2C. The van der Waals surface area contributed by atoms with Gasteiger partial charge >= 0.3 is 0 Å². The summed E-state index contributed by atoms with van der Waals surface area (Å²) in [6.45, 7) is 20.7. The summed E-state index contributed by atoms with van der Waals surface area (Å²) in [4.78, 5) is 6.76. The van der Waals surface area contributed by atoms with Gasteiger partial charge in [-0.15, -0.1) is 0 Å². The molecule has 0 saturated carbocycles. The predicted octanol–water partition coefficient (Wildman–Crippen LogP) is 6.45. The third-order valence-corrected chi connectivity index (χ3v) is 8.03. The highest BCUT2D eigenvalue weighted by molar-refractivity contribution is 6.03. The molecular weight excluding hydrogens is 466 g/mol. The zero-order valence-corrected chi connectivity index (χ0v) is 24.7. The highest BCUT2D eigenvalue weighted by Crippen LogP contribution is 2.48. The van der Waals surface area contributed by atoms with Gasteiger partial charge in [-0.25, -0.2) is 0 Å². The first-order valence-corrected chi connectivity index (χ1v) is 13.4. The summed E-state index contributed by atoms with van der Waals surface area (Å²) < 4.78 is 2.33. The number of anilines is 1. The van der Waals surface area contributed by atoms with Gasteiger partial charge in [-0.05, 0) is 75.1 Å². The van der Waals surface area contributed by atoms with Crippen LogP contribution in [0.15, 0.2) is 77.1 Å². The molecule has 0 fully saturated rings. The number of nitrogens with two attached hydrogens (primary N) is 1. The molecule has 0 spiro atoms. The minimum Gasteiger partial charge on any atom is -0.388 e. The van der Waals surface area contributed by atoms with Gasteiger partial charge in [0.15, 0.2) is 5.71 Å². The van der Waals surface area contributed by atoms with Gasteiger partial charge in [-0.3, -0.25) is 4.99 Å². The molecule has 0 atom stereocenters. The molecule has 38 heavy (non-hydrogen) atoms. The minimum atomic E-state index is -0.118. The van der Waals surface area contributed by atoms with E-state index in [0.29, 0.717) is 12.4 Å². The quantitative estimate of drug-likeness (QED) is 0.256. The molecule has 0 bridgehead atoms. The highest BCUT2D eigenvalue weighted by Gasteiger charge is 2.43. The van der Waals surface area contributed by atoms with E-state index in [1.807, 2.05) is 13.8 Å². The molecule has 5 heteroatoms. The van der Waals surface area contributed by atoms with Gasteiger partial charge in [0, 0.05) is 53.8 Å². The van der Waals surface area contributed by atoms with Gasteiger partial charge in [0.05, 0.1) is 17.8 Å². The molecular formula is C33H44N5+. The van der Waals surface area contributed by atoms with Crippen molar-refractivity contribution in [2.24, 2.45) is 10.7 Å². The van der Waals surface area contributed by atoms with Crippen molar-refractivity contribution in [2.45, 2.75) is 72.4 Å². The number of likely N-dealkylation sites (N-methyl/N-ethyl adjacent to an activating group) is 1. The van der Waals surface area contributed by atoms with Gasteiger partial charge in [0.25, 0.3) is 0 Å². The number of nitrogens with zero attached hydrogens (tertiary/aromatic N) is 3. The lowest BCUT2D eigenvalue weighted by Crippen LogP contribution is -2.27. The monoisotopic (exact) mass is 510 g/mol. The van der Waals surface area contributed by atoms with E-state index >= 15 is 0 Å². The van der Waals surface area contributed by atoms with Gasteiger partial charge in [0.2, 0.25) is 5.69 Å². The Morgan fingerprint density at radius 2 is 1.68 bits per heavy atom. The van der Waals surface area contributed by atoms with Crippen molar-refractivity contribution >= 4 is 22.9 Å². The first kappa shape index (κ1) is 27.4. The van der Waals surface area contributed by atoms with Crippen LogP contribution in [0.1, 0.15) is 70.7 Å². The fourth-order valence-corrected chi connectivity index (χ4v) is 5.83. The molecule has 0 unspecified atom stereocenters. The number of allylic oxidation sites excluding steroid dienone is 5. The van der Waals surface area contributed by atoms with Crippen molar-refractivity contribution < 1.29 is 4.58 Å². The number of hydrogen-bond acceptors (Lipinski definition) is 3. The van der Waals surface area contributed by atoms with Crippen LogP contribution in [-0.4, -0.2) is 30.2 Å². The van der Waals surface area contributed by atoms with Gasteiger partial charge in [-0.1, -0.05) is 38.6 Å². The van der Waals surface area contributed by atoms with Crippen LogP contribution in [0.5, 0.6) is 0 Å². The average Bonchev–Trinajstić information content (AvgIpc) is 3.15. The molecule has 0 radical (unpaired) electrons. The predicted molar refractivity (Wildman–Crippen MR) is 163 cm³/mol. The Morgan fingerprint density at radius 3 is 2.34 bits per heavy atom. The Morgan fingerprint density at radius 1 is 1.03 bits per heavy atom. The number of rotatable bonds is 7. The molecule has 2 aromatic carbocycles. The molecule has 2 aromatic rings. The van der Waals surface area contributed by atoms with Crippen LogP contribution in [0.3, 0.4) is 0 Å². The second-order valence-corrected chi connectivity index (χ2v) is 12.0. The summed E-state index contributed by atoms with van der Waals surface area (Å²) in [5, 5.41) is 3.36. The molecule has 0 saturated heterocycles. The van der Waals surface area contributed by atoms with Gasteiger partial charge < -0.3 is 16.0 Å². The lowest BCUT2D eigenvalue weighted by atomic mass is 9.80. The van der Waals surface area contributed by atoms with Crippen LogP contribution in [0.25, 0.3) is 0 Å². The van der Waals surface area contributed by atoms with Crippen molar-refractivity contribution in [3.8, 4) is 0 Å². The molecule has 2 heterocycles. The number of nitrogens with one attached hydrogen (secondary N) is 1. The van der Waals surface area contributed by atoms with E-state index in [0.717, 1.165) is 12.2 Å². The lowest BCUT2D eigenvalue weighted by molar-refractivity contribution is -0.401. The van der Waals surface area contributed by atoms with Crippen LogP contribution in [0.2, 0.25) is 0 Å². The Kier molecular flexibility index (Phi) is 7.17. The van der Waals surface area contributed by atoms with Crippen LogP contribution < -0.4 is 16.0 Å². The zero-order valence-electron chi connectivity index (χ0n) is 24.7. The van der Waals surface area contributed by atoms with Crippen molar-refractivity contribution in [1.82, 2.24) is 5.32 Å². The molecule has 5 nitrogen and oxygen atoms in total. The summed E-state index contributed by atoms with van der Waals surface area (Å²) in [6, 6.07) is 13.5. The molecule has 0 aliphatic carbocycles. The second kappa shape index (κ2) is 9.94. The number of fused-ring (bicyclic) bond motifs is 2. The normalized spacial score (nSPS) is 19.2. The fourth-order valence-electron chi connectivity index (χ4n) is 5.83. The molecule has 2 aliphatic heterocycles. The molecule has 200 valence electrons. The molecule has 4 rings (SSSR count). The fraction of sp³-hybridized carbons (Fsp3) is 0.394. The molecule has 0 amide bonds. The van der Waals surface area contributed by atoms with E-state index in [9.17, 15) is 0 Å². The van der Waals surface area contributed by atoms with E-state index in [-0.39, 0.29) is 10.8 Å². The van der Waals surface area contributed by atoms with E-state index in [4.69, 9.17) is 5.73 Å². The van der Waals surface area contributed by atoms with Gasteiger partial charge in [0.1, 0.15) is 7.05 Å². The Bertz CT molecular complexity index is 1410. The molecule has 2 aliphatic rings. The number of benzene rings is 2. The van der Waals surface area contributed by atoms with Crippen LogP contribution in [0.4, 0.5) is 11.4 Å². The lowest BCUT2D eigenvalue weighted by Gasteiger charge is -2.24. The first-order valence-electron chi connectivity index (χ1n) is 13.4. The van der Waals surface area contributed by atoms with E-state index < -0.39 is 0 Å². The van der Waals surface area contributed by atoms with Crippen molar-refractivity contribution in [3.05, 3.63) is 94.4 Å². The summed E-state index contributed by atoms with van der Waals surface area (Å²) in [5.74, 6) is 0.613. The highest BCUT2D eigenvalue weighted by atomic mass is 15.2. The van der Waals surface area contributed by atoms with E-state index in [1.165, 1.54) is 50.6 Å². The third kappa shape index (κ3) is 4.94. The maximum Gasteiger partial charge on any atom is 0.209 e. The van der Waals surface area contributed by atoms with Gasteiger partial charge in [-0.2, -0.15) is 4.58 Å². The smallest absolute Gasteiger partial charge is 0.209 e. The average molecular weight is 511 g/mol. The largest absolute Gasteiger partial charge is 0.388 e. The van der Waals surface area contributed by atoms with Crippen LogP contribution >= 0.6 is 0 Å². The maximum atomic E-state index is 5.78. The maximum absolute atomic E-state index is 5.78. The van der Waals surface area contributed by atoms with Crippen molar-refractivity contribution in [1.29, 1.82) is 0 Å². The second-order valence-electron chi connectivity index (χ2n) is 12.0. The Labute approximate surface area is 229 Å². The Hall–Kier alpha value is -3.60. The summed E-state index contributed by atoms with van der Waals surface area (Å²) in [7, 11) is 4.35. The number of aliphatic imine (C=N–C) groups is 1. The topological polar surface area (TPSA) is 56.7 Å². The Balaban J connectivity index is 1.66. The number of amidine groups is 1.